The predicted octanol–water partition coefficient (Wildman–Crippen LogP) is 4.24. The predicted molar refractivity (Wildman–Crippen MR) is 68.1 cm³/mol. The first-order chi connectivity index (χ1) is 8.20. The van der Waals surface area contributed by atoms with E-state index >= 15 is 0 Å². The SMILES string of the molecule is Cc1[nH]c2cc(F)c(OC(C)(C)C)c(F)c2c1C. The molecule has 1 N–H and O–H groups in total. The van der Waals surface area contributed by atoms with Gasteiger partial charge in [0.05, 0.1) is 5.52 Å². The fraction of sp³-hybridized carbons (Fsp3) is 0.429. The molecule has 4 heteroatoms. The highest BCUT2D eigenvalue weighted by atomic mass is 19.1. The van der Waals surface area contributed by atoms with Gasteiger partial charge in [-0.3, -0.25) is 0 Å². The molecule has 0 aliphatic carbocycles. The van der Waals surface area contributed by atoms with E-state index < -0.39 is 17.2 Å². The van der Waals surface area contributed by atoms with Crippen molar-refractivity contribution in [3.8, 4) is 5.75 Å². The third-order valence-corrected chi connectivity index (χ3v) is 2.84. The smallest absolute Gasteiger partial charge is 0.192 e. The second-order valence-electron chi connectivity index (χ2n) is 5.51. The molecule has 0 atom stereocenters. The summed E-state index contributed by atoms with van der Waals surface area (Å²) in [5, 5.41) is 0.396. The number of halogens is 2. The lowest BCUT2D eigenvalue weighted by molar-refractivity contribution is 0.118. The van der Waals surface area contributed by atoms with Crippen LogP contribution in [0.4, 0.5) is 8.78 Å². The largest absolute Gasteiger partial charge is 0.482 e. The number of H-pyrrole nitrogens is 1. The Hall–Kier alpha value is -1.58. The first kappa shape index (κ1) is 12.9. The topological polar surface area (TPSA) is 25.0 Å². The van der Waals surface area contributed by atoms with Gasteiger partial charge in [0.1, 0.15) is 5.60 Å². The summed E-state index contributed by atoms with van der Waals surface area (Å²) in [4.78, 5) is 2.96. The fourth-order valence-electron chi connectivity index (χ4n) is 1.95. The van der Waals surface area contributed by atoms with Crippen LogP contribution < -0.4 is 4.74 Å². The zero-order valence-corrected chi connectivity index (χ0v) is 11.2. The van der Waals surface area contributed by atoms with Crippen LogP contribution in [0.1, 0.15) is 32.0 Å². The molecular formula is C14H17F2NO. The van der Waals surface area contributed by atoms with Crippen molar-refractivity contribution < 1.29 is 13.5 Å². The lowest BCUT2D eigenvalue weighted by Crippen LogP contribution is -2.24. The average Bonchev–Trinajstić information content (AvgIpc) is 2.48. The van der Waals surface area contributed by atoms with Crippen molar-refractivity contribution in [1.29, 1.82) is 0 Å². The molecule has 2 nitrogen and oxygen atoms in total. The third kappa shape index (κ3) is 2.07. The van der Waals surface area contributed by atoms with Gasteiger partial charge in [-0.25, -0.2) is 8.78 Å². The van der Waals surface area contributed by atoms with Gasteiger partial charge in [-0.2, -0.15) is 0 Å². The molecule has 18 heavy (non-hydrogen) atoms. The molecule has 0 radical (unpaired) electrons. The number of aromatic nitrogens is 1. The monoisotopic (exact) mass is 253 g/mol. The molecule has 0 spiro atoms. The van der Waals surface area contributed by atoms with E-state index in [-0.39, 0.29) is 5.75 Å². The molecule has 0 amide bonds. The Bertz CT molecular complexity index is 609. The minimum absolute atomic E-state index is 0.308. The molecule has 0 aliphatic rings. The van der Waals surface area contributed by atoms with Crippen LogP contribution in [0.2, 0.25) is 0 Å². The number of hydrogen-bond acceptors (Lipinski definition) is 1. The van der Waals surface area contributed by atoms with E-state index in [1.807, 2.05) is 6.92 Å². The van der Waals surface area contributed by atoms with Crippen molar-refractivity contribution in [2.24, 2.45) is 0 Å². The Labute approximate surface area is 105 Å². The third-order valence-electron chi connectivity index (χ3n) is 2.84. The lowest BCUT2D eigenvalue weighted by atomic mass is 10.1. The van der Waals surface area contributed by atoms with E-state index in [1.54, 1.807) is 27.7 Å². The molecule has 2 rings (SSSR count). The van der Waals surface area contributed by atoms with E-state index in [0.717, 1.165) is 11.3 Å². The second-order valence-corrected chi connectivity index (χ2v) is 5.51. The number of aryl methyl sites for hydroxylation is 2. The number of fused-ring (bicyclic) bond motifs is 1. The van der Waals surface area contributed by atoms with Gasteiger partial charge in [-0.05, 0) is 40.2 Å². The van der Waals surface area contributed by atoms with E-state index in [1.165, 1.54) is 6.07 Å². The summed E-state index contributed by atoms with van der Waals surface area (Å²) in [7, 11) is 0. The molecule has 0 unspecified atom stereocenters. The molecule has 1 aromatic heterocycles. The van der Waals surface area contributed by atoms with Gasteiger partial charge in [-0.15, -0.1) is 0 Å². The van der Waals surface area contributed by atoms with Crippen molar-refractivity contribution in [1.82, 2.24) is 4.98 Å². The average molecular weight is 253 g/mol. The summed E-state index contributed by atoms with van der Waals surface area (Å²) in [5.41, 5.74) is 1.42. The molecule has 1 heterocycles. The highest BCUT2D eigenvalue weighted by molar-refractivity contribution is 5.86. The Balaban J connectivity index is 2.71. The Morgan fingerprint density at radius 2 is 1.78 bits per heavy atom. The van der Waals surface area contributed by atoms with E-state index in [4.69, 9.17) is 4.74 Å². The van der Waals surface area contributed by atoms with Gasteiger partial charge in [0.15, 0.2) is 17.4 Å². The van der Waals surface area contributed by atoms with Crippen LogP contribution in [-0.2, 0) is 0 Å². The van der Waals surface area contributed by atoms with Crippen molar-refractivity contribution >= 4 is 10.9 Å². The normalized spacial score (nSPS) is 12.2. The minimum atomic E-state index is -0.684. The summed E-state index contributed by atoms with van der Waals surface area (Å²) in [6, 6.07) is 1.28. The first-order valence-corrected chi connectivity index (χ1v) is 5.86. The number of nitrogens with one attached hydrogen (secondary N) is 1. The van der Waals surface area contributed by atoms with Gasteiger partial charge in [0.2, 0.25) is 0 Å². The lowest BCUT2D eigenvalue weighted by Gasteiger charge is -2.22. The zero-order valence-electron chi connectivity index (χ0n) is 11.2. The number of hydrogen-bond donors (Lipinski definition) is 1. The molecule has 1 aromatic carbocycles. The van der Waals surface area contributed by atoms with Crippen molar-refractivity contribution in [2.45, 2.75) is 40.2 Å². The van der Waals surface area contributed by atoms with Gasteiger partial charge in [0, 0.05) is 17.1 Å². The first-order valence-electron chi connectivity index (χ1n) is 5.86. The summed E-state index contributed by atoms with van der Waals surface area (Å²) in [5.74, 6) is -1.63. The van der Waals surface area contributed by atoms with Crippen LogP contribution in [0, 0.1) is 25.5 Å². The second kappa shape index (κ2) is 3.97. The van der Waals surface area contributed by atoms with E-state index in [9.17, 15) is 8.78 Å². The fourth-order valence-corrected chi connectivity index (χ4v) is 1.95. The Morgan fingerprint density at radius 3 is 2.33 bits per heavy atom. The molecule has 0 saturated carbocycles. The van der Waals surface area contributed by atoms with Gasteiger partial charge >= 0.3 is 0 Å². The molecule has 0 saturated heterocycles. The highest BCUT2D eigenvalue weighted by Crippen LogP contribution is 2.34. The molecule has 2 aromatic rings. The number of aromatic amines is 1. The van der Waals surface area contributed by atoms with Gasteiger partial charge < -0.3 is 9.72 Å². The number of benzene rings is 1. The maximum atomic E-state index is 14.3. The zero-order chi connectivity index (χ0) is 13.7. The van der Waals surface area contributed by atoms with Crippen molar-refractivity contribution in [2.75, 3.05) is 0 Å². The standard InChI is InChI=1S/C14H17F2NO/c1-7-8(2)17-10-6-9(15)13(12(16)11(7)10)18-14(3,4)5/h6,17H,1-5H3. The van der Waals surface area contributed by atoms with E-state index in [2.05, 4.69) is 4.98 Å². The van der Waals surface area contributed by atoms with Crippen LogP contribution in [0.3, 0.4) is 0 Å². The Kier molecular flexibility index (Phi) is 2.84. The van der Waals surface area contributed by atoms with Crippen LogP contribution in [0.15, 0.2) is 6.07 Å². The summed E-state index contributed by atoms with van der Waals surface area (Å²) >= 11 is 0. The molecule has 0 aliphatic heterocycles. The van der Waals surface area contributed by atoms with Crippen LogP contribution >= 0.6 is 0 Å². The maximum Gasteiger partial charge on any atom is 0.192 e. The maximum absolute atomic E-state index is 14.3. The molecule has 0 fully saturated rings. The van der Waals surface area contributed by atoms with Crippen molar-refractivity contribution in [3.05, 3.63) is 29.0 Å². The summed E-state index contributed by atoms with van der Waals surface area (Å²) < 4.78 is 33.6. The van der Waals surface area contributed by atoms with Gasteiger partial charge in [-0.1, -0.05) is 0 Å². The highest BCUT2D eigenvalue weighted by Gasteiger charge is 2.23. The van der Waals surface area contributed by atoms with Gasteiger partial charge in [0.25, 0.3) is 0 Å². The van der Waals surface area contributed by atoms with E-state index in [0.29, 0.717) is 10.9 Å². The van der Waals surface area contributed by atoms with Crippen molar-refractivity contribution in [3.63, 3.8) is 0 Å². The summed E-state index contributed by atoms with van der Waals surface area (Å²) in [6.07, 6.45) is 0. The number of rotatable bonds is 1. The van der Waals surface area contributed by atoms with Crippen LogP contribution in [-0.4, -0.2) is 10.6 Å². The van der Waals surface area contributed by atoms with Crippen LogP contribution in [0.25, 0.3) is 10.9 Å². The minimum Gasteiger partial charge on any atom is -0.482 e. The van der Waals surface area contributed by atoms with Crippen LogP contribution in [0.5, 0.6) is 5.75 Å². The Morgan fingerprint density at radius 1 is 1.17 bits per heavy atom. The molecular weight excluding hydrogens is 236 g/mol. The number of ether oxygens (including phenoxy) is 1. The molecule has 98 valence electrons. The molecule has 0 bridgehead atoms. The summed E-state index contributed by atoms with van der Waals surface area (Å²) in [6.45, 7) is 8.90. The quantitative estimate of drug-likeness (QED) is 0.807.